The molecule has 1 saturated heterocycles. The van der Waals surface area contributed by atoms with Crippen molar-refractivity contribution in [3.63, 3.8) is 0 Å². The highest BCUT2D eigenvalue weighted by Gasteiger charge is 2.16. The highest BCUT2D eigenvalue weighted by molar-refractivity contribution is 6.51. The van der Waals surface area contributed by atoms with Gasteiger partial charge in [0.15, 0.2) is 0 Å². The molecule has 0 saturated carbocycles. The SMILES string of the molecule is CCCCCCCCCCCCCCCCC[Si]1CCCCO1. The van der Waals surface area contributed by atoms with E-state index in [-0.39, 0.29) is 9.04 Å². The quantitative estimate of drug-likeness (QED) is 0.207. The molecule has 1 fully saturated rings. The van der Waals surface area contributed by atoms with E-state index in [4.69, 9.17) is 4.43 Å². The fraction of sp³-hybridized carbons (Fsp3) is 1.00. The third-order valence-corrected chi connectivity index (χ3v) is 7.65. The van der Waals surface area contributed by atoms with Crippen molar-refractivity contribution < 1.29 is 4.43 Å². The van der Waals surface area contributed by atoms with Gasteiger partial charge in [0, 0.05) is 6.61 Å². The Morgan fingerprint density at radius 2 is 1.09 bits per heavy atom. The van der Waals surface area contributed by atoms with E-state index in [1.807, 2.05) is 0 Å². The molecule has 0 amide bonds. The third-order valence-electron chi connectivity index (χ3n) is 5.22. The van der Waals surface area contributed by atoms with Crippen molar-refractivity contribution in [1.82, 2.24) is 0 Å². The van der Waals surface area contributed by atoms with Gasteiger partial charge in [0.1, 0.15) is 0 Å². The van der Waals surface area contributed by atoms with E-state index < -0.39 is 0 Å². The largest absolute Gasteiger partial charge is 0.417 e. The van der Waals surface area contributed by atoms with Gasteiger partial charge in [0.05, 0.1) is 0 Å². The van der Waals surface area contributed by atoms with Gasteiger partial charge in [-0.25, -0.2) is 0 Å². The third kappa shape index (κ3) is 14.2. The van der Waals surface area contributed by atoms with Crippen molar-refractivity contribution in [3.8, 4) is 0 Å². The fourth-order valence-electron chi connectivity index (χ4n) is 3.60. The first-order chi connectivity index (χ1) is 11.4. The first-order valence-electron chi connectivity index (χ1n) is 10.9. The van der Waals surface area contributed by atoms with E-state index in [2.05, 4.69) is 6.92 Å². The van der Waals surface area contributed by atoms with E-state index in [1.54, 1.807) is 0 Å². The summed E-state index contributed by atoms with van der Waals surface area (Å²) in [5.41, 5.74) is 0. The second kappa shape index (κ2) is 17.0. The van der Waals surface area contributed by atoms with Crippen molar-refractivity contribution in [2.24, 2.45) is 0 Å². The molecule has 0 aromatic heterocycles. The van der Waals surface area contributed by atoms with Gasteiger partial charge < -0.3 is 4.43 Å². The molecular weight excluding hydrogens is 296 g/mol. The van der Waals surface area contributed by atoms with Gasteiger partial charge in [-0.1, -0.05) is 110 Å². The average Bonchev–Trinajstić information content (AvgIpc) is 2.59. The normalized spacial score (nSPS) is 16.0. The molecule has 1 rings (SSSR count). The summed E-state index contributed by atoms with van der Waals surface area (Å²) in [5, 5.41) is 0. The zero-order valence-electron chi connectivity index (χ0n) is 16.1. The number of unbranched alkanes of at least 4 members (excludes halogenated alkanes) is 14. The van der Waals surface area contributed by atoms with Crippen LogP contribution in [0, 0.1) is 0 Å². The van der Waals surface area contributed by atoms with E-state index in [0.717, 1.165) is 6.61 Å². The summed E-state index contributed by atoms with van der Waals surface area (Å²) in [4.78, 5) is 0. The standard InChI is InChI=1S/C21H43OSi/c1-2-3-4-5-6-7-8-9-10-11-12-13-14-15-17-20-23-21-18-16-19-22-23/h2-21H2,1H3. The molecule has 1 nitrogen and oxygen atoms in total. The first-order valence-corrected chi connectivity index (χ1v) is 12.7. The molecule has 1 radical (unpaired) electrons. The van der Waals surface area contributed by atoms with E-state index in [0.29, 0.717) is 0 Å². The van der Waals surface area contributed by atoms with Crippen LogP contribution in [0.3, 0.4) is 0 Å². The molecule has 0 aromatic rings. The number of hydrogen-bond acceptors (Lipinski definition) is 1. The first kappa shape index (κ1) is 21.2. The maximum absolute atomic E-state index is 5.90. The van der Waals surface area contributed by atoms with Gasteiger partial charge in [-0.05, 0) is 18.5 Å². The smallest absolute Gasteiger partial charge is 0.211 e. The Labute approximate surface area is 148 Å². The highest BCUT2D eigenvalue weighted by atomic mass is 28.3. The van der Waals surface area contributed by atoms with Crippen LogP contribution in [0.4, 0.5) is 0 Å². The summed E-state index contributed by atoms with van der Waals surface area (Å²) in [6.45, 7) is 3.36. The Hall–Kier alpha value is 0.177. The van der Waals surface area contributed by atoms with Crippen LogP contribution in [-0.4, -0.2) is 15.6 Å². The van der Waals surface area contributed by atoms with Crippen LogP contribution in [-0.2, 0) is 4.43 Å². The number of hydrogen-bond donors (Lipinski definition) is 0. The van der Waals surface area contributed by atoms with Gasteiger partial charge >= 0.3 is 0 Å². The second-order valence-corrected chi connectivity index (χ2v) is 9.91. The molecule has 0 aromatic carbocycles. The molecule has 0 spiro atoms. The predicted octanol–water partition coefficient (Wildman–Crippen LogP) is 7.66. The summed E-state index contributed by atoms with van der Waals surface area (Å²) < 4.78 is 5.90. The monoisotopic (exact) mass is 339 g/mol. The van der Waals surface area contributed by atoms with Crippen LogP contribution < -0.4 is 0 Å². The minimum atomic E-state index is -0.365. The number of rotatable bonds is 16. The predicted molar refractivity (Wildman–Crippen MR) is 105 cm³/mol. The highest BCUT2D eigenvalue weighted by Crippen LogP contribution is 2.18. The molecule has 0 unspecified atom stereocenters. The maximum Gasteiger partial charge on any atom is 0.211 e. The van der Waals surface area contributed by atoms with Crippen LogP contribution in [0.25, 0.3) is 0 Å². The van der Waals surface area contributed by atoms with Gasteiger partial charge in [-0.2, -0.15) is 0 Å². The van der Waals surface area contributed by atoms with Crippen molar-refractivity contribution in [2.75, 3.05) is 6.61 Å². The maximum atomic E-state index is 5.90. The fourth-order valence-corrected chi connectivity index (χ4v) is 5.86. The summed E-state index contributed by atoms with van der Waals surface area (Å²) in [7, 11) is -0.365. The lowest BCUT2D eigenvalue weighted by atomic mass is 10.0. The lowest BCUT2D eigenvalue weighted by Crippen LogP contribution is -2.22. The average molecular weight is 340 g/mol. The molecule has 0 atom stereocenters. The Morgan fingerprint density at radius 3 is 1.52 bits per heavy atom. The summed E-state index contributed by atoms with van der Waals surface area (Å²) >= 11 is 0. The topological polar surface area (TPSA) is 9.23 Å². The van der Waals surface area contributed by atoms with Crippen LogP contribution in [0.15, 0.2) is 0 Å². The molecule has 2 heteroatoms. The molecule has 0 aliphatic carbocycles. The van der Waals surface area contributed by atoms with Gasteiger partial charge in [-0.15, -0.1) is 0 Å². The van der Waals surface area contributed by atoms with Crippen molar-refractivity contribution in [3.05, 3.63) is 0 Å². The van der Waals surface area contributed by atoms with Crippen molar-refractivity contribution in [1.29, 1.82) is 0 Å². The van der Waals surface area contributed by atoms with Gasteiger partial charge in [0.25, 0.3) is 0 Å². The lowest BCUT2D eigenvalue weighted by Gasteiger charge is -2.19. The molecule has 1 aliphatic heterocycles. The van der Waals surface area contributed by atoms with E-state index in [9.17, 15) is 0 Å². The molecule has 23 heavy (non-hydrogen) atoms. The molecular formula is C21H43OSi. The van der Waals surface area contributed by atoms with Crippen LogP contribution >= 0.6 is 0 Å². The van der Waals surface area contributed by atoms with Gasteiger partial charge in [0.2, 0.25) is 9.04 Å². The minimum Gasteiger partial charge on any atom is -0.417 e. The zero-order valence-corrected chi connectivity index (χ0v) is 17.1. The van der Waals surface area contributed by atoms with Crippen LogP contribution in [0.5, 0.6) is 0 Å². The lowest BCUT2D eigenvalue weighted by molar-refractivity contribution is 0.285. The van der Waals surface area contributed by atoms with Gasteiger partial charge in [-0.3, -0.25) is 0 Å². The Balaban J connectivity index is 1.67. The summed E-state index contributed by atoms with van der Waals surface area (Å²) in [5.74, 6) is 0. The Kier molecular flexibility index (Phi) is 15.7. The Morgan fingerprint density at radius 1 is 0.609 bits per heavy atom. The summed E-state index contributed by atoms with van der Waals surface area (Å²) in [6.07, 6.45) is 24.7. The molecule has 1 heterocycles. The molecule has 0 N–H and O–H groups in total. The van der Waals surface area contributed by atoms with E-state index in [1.165, 1.54) is 121 Å². The molecule has 137 valence electrons. The van der Waals surface area contributed by atoms with Crippen LogP contribution in [0.1, 0.15) is 116 Å². The van der Waals surface area contributed by atoms with Crippen molar-refractivity contribution >= 4 is 9.04 Å². The molecule has 1 aliphatic rings. The van der Waals surface area contributed by atoms with Crippen LogP contribution in [0.2, 0.25) is 12.1 Å². The second-order valence-electron chi connectivity index (χ2n) is 7.54. The molecule has 0 bridgehead atoms. The zero-order chi connectivity index (χ0) is 16.4. The van der Waals surface area contributed by atoms with E-state index >= 15 is 0 Å². The van der Waals surface area contributed by atoms with Crippen molar-refractivity contribution in [2.45, 2.75) is 128 Å². The Bertz CT molecular complexity index is 226. The minimum absolute atomic E-state index is 0.365. The summed E-state index contributed by atoms with van der Waals surface area (Å²) in [6, 6.07) is 2.84.